The van der Waals surface area contributed by atoms with Gasteiger partial charge in [0.2, 0.25) is 0 Å². The number of aliphatic hydroxyl groups excluding tert-OH is 1. The third-order valence-corrected chi connectivity index (χ3v) is 11.2. The van der Waals surface area contributed by atoms with Crippen molar-refractivity contribution in [3.8, 4) is 0 Å². The van der Waals surface area contributed by atoms with E-state index in [9.17, 15) is 24.3 Å². The Bertz CT molecular complexity index is 1330. The molecule has 4 fully saturated rings. The van der Waals surface area contributed by atoms with Gasteiger partial charge in [-0.1, -0.05) is 64.6 Å². The molecule has 220 valence electrons. The number of hydrogen-bond acceptors (Lipinski definition) is 8. The number of carbonyl (C=O) groups is 4. The second kappa shape index (κ2) is 9.65. The van der Waals surface area contributed by atoms with Crippen molar-refractivity contribution in [2.75, 3.05) is 0 Å². The lowest BCUT2D eigenvalue weighted by Gasteiger charge is -2.60. The van der Waals surface area contributed by atoms with Crippen LogP contribution in [0.25, 0.3) is 6.08 Å². The molecular weight excluding hydrogens is 524 g/mol. The van der Waals surface area contributed by atoms with Crippen LogP contribution in [0, 0.1) is 33.5 Å². The molecule has 1 N–H and O–H groups in total. The van der Waals surface area contributed by atoms with Gasteiger partial charge in [-0.25, -0.2) is 4.79 Å². The van der Waals surface area contributed by atoms with E-state index in [4.69, 9.17) is 14.2 Å². The molecule has 2 bridgehead atoms. The van der Waals surface area contributed by atoms with Crippen LogP contribution in [0.5, 0.6) is 0 Å². The summed E-state index contributed by atoms with van der Waals surface area (Å²) in [5, 5.41) is 12.1. The van der Waals surface area contributed by atoms with Crippen LogP contribution in [0.15, 0.2) is 48.6 Å². The van der Waals surface area contributed by atoms with Gasteiger partial charge in [-0.15, -0.1) is 0 Å². The van der Waals surface area contributed by atoms with Crippen LogP contribution in [0.4, 0.5) is 0 Å². The van der Waals surface area contributed by atoms with E-state index in [1.807, 2.05) is 58.0 Å². The molecular formula is C33H40O8. The Hall–Kier alpha value is -3.26. The topological polar surface area (TPSA) is 116 Å². The fourth-order valence-electron chi connectivity index (χ4n) is 9.83. The zero-order valence-corrected chi connectivity index (χ0v) is 24.6. The van der Waals surface area contributed by atoms with Crippen LogP contribution in [0.2, 0.25) is 0 Å². The highest BCUT2D eigenvalue weighted by Gasteiger charge is 2.91. The van der Waals surface area contributed by atoms with Gasteiger partial charge in [0, 0.05) is 49.0 Å². The van der Waals surface area contributed by atoms with E-state index in [1.165, 1.54) is 19.9 Å². The van der Waals surface area contributed by atoms with Crippen molar-refractivity contribution in [1.82, 2.24) is 0 Å². The smallest absolute Gasteiger partial charge is 0.331 e. The fourth-order valence-corrected chi connectivity index (χ4v) is 9.83. The first-order valence-corrected chi connectivity index (χ1v) is 14.4. The zero-order chi connectivity index (χ0) is 30.1. The molecule has 4 aliphatic carbocycles. The third kappa shape index (κ3) is 3.62. The normalized spacial score (nSPS) is 40.6. The minimum atomic E-state index is -1.22. The standard InChI is InChI=1S/C33H40O8/c1-18-24(36)17-23-28(39-20(3)34)33-19(2)25(41-26(37)14-13-22-11-9-8-10-12-22)15-16-31(33,7)27(38)29(40-21(4)35)32(18,33)30(23,5)6/h8-14,18,23,25,27-29,38H,2,15-17H2,1,3-7H3/b14-13+/t18-,23+,25+,27+,28-,29+,31+,32?,33?/m1/s1. The summed E-state index contributed by atoms with van der Waals surface area (Å²) in [4.78, 5) is 52.0. The van der Waals surface area contributed by atoms with Gasteiger partial charge in [-0.05, 0) is 35.5 Å². The minimum absolute atomic E-state index is 0.0466. The van der Waals surface area contributed by atoms with Crippen LogP contribution in [0.3, 0.4) is 0 Å². The first-order chi connectivity index (χ1) is 19.2. The number of aliphatic hydroxyl groups is 1. The van der Waals surface area contributed by atoms with E-state index >= 15 is 0 Å². The van der Waals surface area contributed by atoms with E-state index in [0.717, 1.165) is 5.56 Å². The van der Waals surface area contributed by atoms with E-state index in [1.54, 1.807) is 6.08 Å². The molecule has 9 atom stereocenters. The first-order valence-electron chi connectivity index (χ1n) is 14.4. The molecule has 2 unspecified atom stereocenters. The molecule has 0 radical (unpaired) electrons. The number of rotatable bonds is 5. The summed E-state index contributed by atoms with van der Waals surface area (Å²) in [6.07, 6.45) is 0.0763. The summed E-state index contributed by atoms with van der Waals surface area (Å²) in [5.41, 5.74) is -2.81. The molecule has 41 heavy (non-hydrogen) atoms. The Morgan fingerprint density at radius 3 is 2.22 bits per heavy atom. The quantitative estimate of drug-likeness (QED) is 0.242. The summed E-state index contributed by atoms with van der Waals surface area (Å²) in [6.45, 7) is 14.9. The Kier molecular flexibility index (Phi) is 6.88. The number of esters is 3. The largest absolute Gasteiger partial charge is 0.461 e. The minimum Gasteiger partial charge on any atom is -0.461 e. The highest BCUT2D eigenvalue weighted by molar-refractivity contribution is 5.88. The van der Waals surface area contributed by atoms with Gasteiger partial charge in [0.1, 0.15) is 24.1 Å². The predicted octanol–water partition coefficient (Wildman–Crippen LogP) is 4.44. The van der Waals surface area contributed by atoms with E-state index in [0.29, 0.717) is 18.4 Å². The van der Waals surface area contributed by atoms with Crippen molar-refractivity contribution < 1.29 is 38.5 Å². The number of Topliss-reactive ketones (excluding diaryl/α,β-unsaturated/α-hetero) is 1. The van der Waals surface area contributed by atoms with Gasteiger partial charge < -0.3 is 19.3 Å². The molecule has 4 aliphatic rings. The zero-order valence-electron chi connectivity index (χ0n) is 24.6. The Balaban J connectivity index is 1.69. The fraction of sp³-hybridized carbons (Fsp3) is 0.576. The van der Waals surface area contributed by atoms with Crippen molar-refractivity contribution in [3.63, 3.8) is 0 Å². The number of fused-ring (bicyclic) bond motifs is 1. The van der Waals surface area contributed by atoms with Crippen LogP contribution >= 0.6 is 0 Å². The molecule has 2 spiro atoms. The molecule has 0 saturated heterocycles. The van der Waals surface area contributed by atoms with E-state index < -0.39 is 75.8 Å². The van der Waals surface area contributed by atoms with Crippen LogP contribution in [0.1, 0.15) is 66.4 Å². The molecule has 8 heteroatoms. The van der Waals surface area contributed by atoms with Gasteiger partial charge in [-0.2, -0.15) is 0 Å². The highest BCUT2D eigenvalue weighted by atomic mass is 16.6. The number of benzene rings is 1. The number of hydrogen-bond donors (Lipinski definition) is 1. The number of ketones is 1. The van der Waals surface area contributed by atoms with Crippen molar-refractivity contribution in [2.45, 2.75) is 85.2 Å². The van der Waals surface area contributed by atoms with E-state index in [-0.39, 0.29) is 12.2 Å². The van der Waals surface area contributed by atoms with Gasteiger partial charge in [-0.3, -0.25) is 14.4 Å². The summed E-state index contributed by atoms with van der Waals surface area (Å²) in [5.74, 6) is -2.79. The highest BCUT2D eigenvalue weighted by Crippen LogP contribution is 2.86. The molecule has 0 aromatic heterocycles. The summed E-state index contributed by atoms with van der Waals surface area (Å²) in [7, 11) is 0. The lowest BCUT2D eigenvalue weighted by atomic mass is 9.42. The van der Waals surface area contributed by atoms with Gasteiger partial charge in [0.15, 0.2) is 0 Å². The van der Waals surface area contributed by atoms with Crippen LogP contribution < -0.4 is 0 Å². The molecule has 0 heterocycles. The number of carbonyl (C=O) groups excluding carboxylic acids is 4. The summed E-state index contributed by atoms with van der Waals surface area (Å²) < 4.78 is 18.2. The lowest BCUT2D eigenvalue weighted by molar-refractivity contribution is -0.191. The van der Waals surface area contributed by atoms with Crippen molar-refractivity contribution in [2.24, 2.45) is 33.5 Å². The number of ether oxygens (including phenoxy) is 3. The first kappa shape index (κ1) is 29.2. The van der Waals surface area contributed by atoms with Gasteiger partial charge in [0.25, 0.3) is 0 Å². The van der Waals surface area contributed by atoms with Crippen LogP contribution in [-0.2, 0) is 33.4 Å². The Morgan fingerprint density at radius 2 is 1.61 bits per heavy atom. The second-order valence-electron chi connectivity index (χ2n) is 13.1. The molecule has 5 rings (SSSR count). The molecule has 0 aliphatic heterocycles. The van der Waals surface area contributed by atoms with Crippen molar-refractivity contribution in [3.05, 3.63) is 54.1 Å². The maximum absolute atomic E-state index is 13.7. The van der Waals surface area contributed by atoms with Crippen LogP contribution in [-0.4, -0.2) is 53.2 Å². The third-order valence-electron chi connectivity index (χ3n) is 11.2. The Morgan fingerprint density at radius 1 is 1.00 bits per heavy atom. The van der Waals surface area contributed by atoms with Gasteiger partial charge in [0.05, 0.1) is 11.5 Å². The maximum Gasteiger partial charge on any atom is 0.331 e. The maximum atomic E-state index is 13.7. The molecule has 0 amide bonds. The average Bonchev–Trinajstić information content (AvgIpc) is 3.14. The molecule has 4 saturated carbocycles. The lowest BCUT2D eigenvalue weighted by Crippen LogP contribution is -2.63. The molecule has 1 aromatic rings. The monoisotopic (exact) mass is 564 g/mol. The van der Waals surface area contributed by atoms with Crippen molar-refractivity contribution in [1.29, 1.82) is 0 Å². The Labute approximate surface area is 241 Å². The predicted molar refractivity (Wildman–Crippen MR) is 150 cm³/mol. The second-order valence-corrected chi connectivity index (χ2v) is 13.1. The summed E-state index contributed by atoms with van der Waals surface area (Å²) in [6, 6.07) is 9.37. The molecule has 1 aromatic carbocycles. The molecule has 8 nitrogen and oxygen atoms in total. The summed E-state index contributed by atoms with van der Waals surface area (Å²) >= 11 is 0. The SMILES string of the molecule is C=C1[C@@H](OC(=O)/C=C/c2ccccc2)CC[C@@]2(C)[C@@H](O)[C@H](OC(C)=O)C34[C@H](C)C(=O)C[C@@H]([C@@H](OC(C)=O)C132)C4(C)C. The van der Waals surface area contributed by atoms with Crippen molar-refractivity contribution >= 4 is 29.8 Å². The van der Waals surface area contributed by atoms with Gasteiger partial charge >= 0.3 is 17.9 Å². The van der Waals surface area contributed by atoms with E-state index in [2.05, 4.69) is 6.58 Å². The average molecular weight is 565 g/mol.